The molecule has 4 heteroatoms. The summed E-state index contributed by atoms with van der Waals surface area (Å²) in [5, 5.41) is 2.35. The lowest BCUT2D eigenvalue weighted by atomic mass is 10.2. The van der Waals surface area contributed by atoms with Gasteiger partial charge in [0.05, 0.1) is 0 Å². The number of carbonyl (C=O) groups excluding carboxylic acids is 2. The topological polar surface area (TPSA) is 46.2 Å². The molecule has 0 aliphatic rings. The molecule has 0 aliphatic carbocycles. The van der Waals surface area contributed by atoms with E-state index in [1.807, 2.05) is 18.2 Å². The van der Waals surface area contributed by atoms with Gasteiger partial charge in [0.25, 0.3) is 11.8 Å². The Bertz CT molecular complexity index is 564. The van der Waals surface area contributed by atoms with Gasteiger partial charge in [0.2, 0.25) is 0 Å². The van der Waals surface area contributed by atoms with Gasteiger partial charge in [-0.2, -0.15) is 0 Å². The predicted octanol–water partition coefficient (Wildman–Crippen LogP) is 2.86. The van der Waals surface area contributed by atoms with Crippen molar-refractivity contribution in [3.05, 3.63) is 69.3 Å². The van der Waals surface area contributed by atoms with Crippen molar-refractivity contribution in [2.45, 2.75) is 0 Å². The van der Waals surface area contributed by atoms with Crippen LogP contribution < -0.4 is 5.32 Å². The highest BCUT2D eigenvalue weighted by Gasteiger charge is 2.11. The van der Waals surface area contributed by atoms with E-state index in [1.54, 1.807) is 36.4 Å². The maximum atomic E-state index is 11.8. The number of carbonyl (C=O) groups is 2. The van der Waals surface area contributed by atoms with Crippen LogP contribution in [0.15, 0.2) is 54.6 Å². The zero-order chi connectivity index (χ0) is 13.0. The van der Waals surface area contributed by atoms with Crippen LogP contribution >= 0.6 is 22.6 Å². The number of halogens is 1. The number of nitrogens with one attached hydrogen (secondary N) is 1. The summed E-state index contributed by atoms with van der Waals surface area (Å²) in [6, 6.07) is 15.7. The van der Waals surface area contributed by atoms with Crippen LogP contribution in [0.2, 0.25) is 0 Å². The van der Waals surface area contributed by atoms with Gasteiger partial charge in [0.15, 0.2) is 0 Å². The molecule has 90 valence electrons. The van der Waals surface area contributed by atoms with E-state index in [0.29, 0.717) is 11.1 Å². The van der Waals surface area contributed by atoms with Crippen molar-refractivity contribution < 1.29 is 9.59 Å². The Morgan fingerprint density at radius 1 is 0.778 bits per heavy atom. The van der Waals surface area contributed by atoms with Gasteiger partial charge in [-0.3, -0.25) is 14.9 Å². The minimum absolute atomic E-state index is 0.389. The highest BCUT2D eigenvalue weighted by molar-refractivity contribution is 14.1. The van der Waals surface area contributed by atoms with E-state index in [0.717, 1.165) is 3.57 Å². The molecule has 2 amide bonds. The van der Waals surface area contributed by atoms with E-state index >= 15 is 0 Å². The van der Waals surface area contributed by atoms with Gasteiger partial charge >= 0.3 is 0 Å². The van der Waals surface area contributed by atoms with E-state index in [-0.39, 0.29) is 11.8 Å². The molecule has 0 bridgehead atoms. The third-order valence-corrected chi connectivity index (χ3v) is 3.09. The summed E-state index contributed by atoms with van der Waals surface area (Å²) >= 11 is 2.16. The maximum Gasteiger partial charge on any atom is 0.258 e. The molecule has 0 aliphatic heterocycles. The average Bonchev–Trinajstić information content (AvgIpc) is 2.40. The van der Waals surface area contributed by atoms with E-state index in [9.17, 15) is 9.59 Å². The molecular formula is C14H10INO2. The standard InChI is InChI=1S/C14H10INO2/c15-12-8-6-11(7-9-12)14(18)16-13(17)10-4-2-1-3-5-10/h1-9H,(H,16,17,18). The fourth-order valence-corrected chi connectivity index (χ4v) is 1.80. The lowest BCUT2D eigenvalue weighted by Gasteiger charge is -2.04. The molecule has 0 saturated heterocycles. The molecule has 0 atom stereocenters. The van der Waals surface area contributed by atoms with Crippen molar-refractivity contribution in [2.75, 3.05) is 0 Å². The van der Waals surface area contributed by atoms with Crippen LogP contribution in [-0.2, 0) is 0 Å². The first-order valence-electron chi connectivity index (χ1n) is 5.33. The van der Waals surface area contributed by atoms with Crippen LogP contribution in [0.3, 0.4) is 0 Å². The molecule has 0 saturated carbocycles. The number of rotatable bonds is 2. The van der Waals surface area contributed by atoms with Crippen molar-refractivity contribution in [2.24, 2.45) is 0 Å². The van der Waals surface area contributed by atoms with Crippen LogP contribution in [0.4, 0.5) is 0 Å². The summed E-state index contributed by atoms with van der Waals surface area (Å²) < 4.78 is 1.04. The normalized spacial score (nSPS) is 9.83. The molecule has 2 aromatic rings. The Morgan fingerprint density at radius 2 is 1.28 bits per heavy atom. The number of amides is 2. The second kappa shape index (κ2) is 5.77. The molecule has 1 N–H and O–H groups in total. The van der Waals surface area contributed by atoms with E-state index in [4.69, 9.17) is 0 Å². The van der Waals surface area contributed by atoms with E-state index in [2.05, 4.69) is 27.9 Å². The van der Waals surface area contributed by atoms with Gasteiger partial charge in [-0.15, -0.1) is 0 Å². The Hall–Kier alpha value is -1.69. The Morgan fingerprint density at radius 3 is 1.83 bits per heavy atom. The van der Waals surface area contributed by atoms with Gasteiger partial charge in [-0.1, -0.05) is 18.2 Å². The van der Waals surface area contributed by atoms with Gasteiger partial charge in [0.1, 0.15) is 0 Å². The fourth-order valence-electron chi connectivity index (χ4n) is 1.44. The zero-order valence-electron chi connectivity index (χ0n) is 9.39. The first-order chi connectivity index (χ1) is 8.66. The second-order valence-corrected chi connectivity index (χ2v) is 4.90. The van der Waals surface area contributed by atoms with Gasteiger partial charge < -0.3 is 0 Å². The lowest BCUT2D eigenvalue weighted by molar-refractivity contribution is 0.0849. The van der Waals surface area contributed by atoms with Gasteiger partial charge in [-0.25, -0.2) is 0 Å². The summed E-state index contributed by atoms with van der Waals surface area (Å²) in [5.74, 6) is -0.778. The largest absolute Gasteiger partial charge is 0.288 e. The molecule has 2 aromatic carbocycles. The molecule has 3 nitrogen and oxygen atoms in total. The molecule has 0 unspecified atom stereocenters. The summed E-state index contributed by atoms with van der Waals surface area (Å²) in [6.07, 6.45) is 0. The number of benzene rings is 2. The average molecular weight is 351 g/mol. The van der Waals surface area contributed by atoms with Crippen LogP contribution in [0, 0.1) is 3.57 Å². The molecule has 0 spiro atoms. The van der Waals surface area contributed by atoms with Crippen LogP contribution in [0.1, 0.15) is 20.7 Å². The predicted molar refractivity (Wildman–Crippen MR) is 77.4 cm³/mol. The number of imide groups is 1. The third kappa shape index (κ3) is 3.16. The second-order valence-electron chi connectivity index (χ2n) is 3.66. The van der Waals surface area contributed by atoms with Crippen molar-refractivity contribution in [3.63, 3.8) is 0 Å². The fraction of sp³-hybridized carbons (Fsp3) is 0. The molecule has 0 heterocycles. The monoisotopic (exact) mass is 351 g/mol. The molecule has 18 heavy (non-hydrogen) atoms. The first-order valence-corrected chi connectivity index (χ1v) is 6.41. The summed E-state index contributed by atoms with van der Waals surface area (Å²) in [4.78, 5) is 23.6. The highest BCUT2D eigenvalue weighted by Crippen LogP contribution is 2.07. The summed E-state index contributed by atoms with van der Waals surface area (Å²) in [6.45, 7) is 0. The molecule has 0 fully saturated rings. The Labute approximate surface area is 118 Å². The van der Waals surface area contributed by atoms with Crippen LogP contribution in [0.25, 0.3) is 0 Å². The van der Waals surface area contributed by atoms with Crippen LogP contribution in [-0.4, -0.2) is 11.8 Å². The smallest absolute Gasteiger partial charge is 0.258 e. The van der Waals surface area contributed by atoms with Crippen molar-refractivity contribution in [3.8, 4) is 0 Å². The van der Waals surface area contributed by atoms with Gasteiger partial charge in [-0.05, 0) is 59.0 Å². The molecule has 0 radical (unpaired) electrons. The third-order valence-electron chi connectivity index (χ3n) is 2.37. The molecule has 2 rings (SSSR count). The zero-order valence-corrected chi connectivity index (χ0v) is 11.5. The molecule has 0 aromatic heterocycles. The highest BCUT2D eigenvalue weighted by atomic mass is 127. The number of hydrogen-bond donors (Lipinski definition) is 1. The Balaban J connectivity index is 2.08. The Kier molecular flexibility index (Phi) is 4.09. The van der Waals surface area contributed by atoms with Crippen molar-refractivity contribution in [1.29, 1.82) is 0 Å². The summed E-state index contributed by atoms with van der Waals surface area (Å²) in [7, 11) is 0. The van der Waals surface area contributed by atoms with Crippen molar-refractivity contribution in [1.82, 2.24) is 5.32 Å². The van der Waals surface area contributed by atoms with E-state index in [1.165, 1.54) is 0 Å². The maximum absolute atomic E-state index is 11.8. The van der Waals surface area contributed by atoms with E-state index < -0.39 is 0 Å². The minimum Gasteiger partial charge on any atom is -0.288 e. The van der Waals surface area contributed by atoms with Gasteiger partial charge in [0, 0.05) is 14.7 Å². The first kappa shape index (κ1) is 12.8. The van der Waals surface area contributed by atoms with Crippen molar-refractivity contribution >= 4 is 34.4 Å². The quantitative estimate of drug-likeness (QED) is 0.668. The summed E-state index contributed by atoms with van der Waals surface area (Å²) in [5.41, 5.74) is 0.941. The number of hydrogen-bond acceptors (Lipinski definition) is 2. The SMILES string of the molecule is O=C(NC(=O)c1ccc(I)cc1)c1ccccc1. The lowest BCUT2D eigenvalue weighted by Crippen LogP contribution is -2.30. The molecular weight excluding hydrogens is 341 g/mol. The van der Waals surface area contributed by atoms with Crippen LogP contribution in [0.5, 0.6) is 0 Å². The minimum atomic E-state index is -0.390.